The molecule has 0 saturated carbocycles. The maximum Gasteiger partial charge on any atom is 0.344 e. The Hall–Kier alpha value is -3.33. The summed E-state index contributed by atoms with van der Waals surface area (Å²) < 4.78 is 10.6. The Labute approximate surface area is 177 Å². The lowest BCUT2D eigenvalue weighted by atomic mass is 10.0. The minimum Gasteiger partial charge on any atom is -0.481 e. The number of fused-ring (bicyclic) bond motifs is 1. The van der Waals surface area contributed by atoms with Crippen molar-refractivity contribution in [2.75, 3.05) is 13.2 Å². The van der Waals surface area contributed by atoms with Crippen molar-refractivity contribution < 1.29 is 24.2 Å². The fourth-order valence-electron chi connectivity index (χ4n) is 2.74. The molecule has 0 aliphatic rings. The van der Waals surface area contributed by atoms with E-state index in [-0.39, 0.29) is 18.1 Å². The minimum absolute atomic E-state index is 0.0222. The number of aliphatic carboxylic acids is 1. The Morgan fingerprint density at radius 3 is 2.70 bits per heavy atom. The van der Waals surface area contributed by atoms with Crippen LogP contribution in [0, 0.1) is 0 Å². The van der Waals surface area contributed by atoms with Gasteiger partial charge < -0.3 is 14.6 Å². The summed E-state index contributed by atoms with van der Waals surface area (Å²) in [6.07, 6.45) is 2.17. The third-order valence-electron chi connectivity index (χ3n) is 4.12. The molecule has 3 rings (SSSR count). The van der Waals surface area contributed by atoms with E-state index in [0.717, 1.165) is 22.5 Å². The van der Waals surface area contributed by atoms with Gasteiger partial charge in [0.2, 0.25) is 5.16 Å². The molecule has 0 saturated heterocycles. The zero-order chi connectivity index (χ0) is 21.5. The Kier molecular flexibility index (Phi) is 7.08. The van der Waals surface area contributed by atoms with Crippen molar-refractivity contribution in [2.45, 2.75) is 25.4 Å². The molecule has 8 nitrogen and oxygen atoms in total. The van der Waals surface area contributed by atoms with Crippen molar-refractivity contribution in [1.29, 1.82) is 0 Å². The van der Waals surface area contributed by atoms with E-state index >= 15 is 0 Å². The maximum absolute atomic E-state index is 11.9. The number of carboxylic acids is 1. The summed E-state index contributed by atoms with van der Waals surface area (Å²) in [6, 6.07) is 11.1. The number of carboxylic acid groups (broad SMARTS) is 1. The number of carbonyl (C=O) groups excluding carboxylic acids is 1. The highest BCUT2D eigenvalue weighted by molar-refractivity contribution is 8.04. The Balaban J connectivity index is 2.02. The van der Waals surface area contributed by atoms with E-state index in [9.17, 15) is 14.7 Å². The van der Waals surface area contributed by atoms with E-state index in [0.29, 0.717) is 28.7 Å². The van der Waals surface area contributed by atoms with Gasteiger partial charge in [0, 0.05) is 12.0 Å². The first kappa shape index (κ1) is 21.4. The van der Waals surface area contributed by atoms with Crippen LogP contribution in [0.4, 0.5) is 0 Å². The molecule has 0 unspecified atom stereocenters. The first-order valence-corrected chi connectivity index (χ1v) is 10.2. The topological polar surface area (TPSA) is 114 Å². The van der Waals surface area contributed by atoms with Gasteiger partial charge in [-0.25, -0.2) is 14.6 Å². The van der Waals surface area contributed by atoms with Crippen LogP contribution in [0.15, 0.2) is 46.5 Å². The van der Waals surface area contributed by atoms with Gasteiger partial charge >= 0.3 is 11.9 Å². The van der Waals surface area contributed by atoms with E-state index in [1.165, 1.54) is 6.08 Å². The molecule has 2 N–H and O–H groups in total. The summed E-state index contributed by atoms with van der Waals surface area (Å²) in [5.74, 6) is -0.565. The first-order chi connectivity index (χ1) is 14.5. The zero-order valence-corrected chi connectivity index (χ0v) is 17.4. The lowest BCUT2D eigenvalue weighted by Gasteiger charge is -2.12. The summed E-state index contributed by atoms with van der Waals surface area (Å²) in [5, 5.41) is 18.6. The number of ether oxygens (including phenoxy) is 2. The number of aromatic amines is 1. The summed E-state index contributed by atoms with van der Waals surface area (Å²) >= 11 is 0.939. The summed E-state index contributed by atoms with van der Waals surface area (Å²) in [5.41, 5.74) is 0.550. The van der Waals surface area contributed by atoms with Gasteiger partial charge in [-0.15, -0.1) is 5.10 Å². The number of rotatable bonds is 9. The Morgan fingerprint density at radius 1 is 1.20 bits per heavy atom. The normalized spacial score (nSPS) is 11.5. The van der Waals surface area contributed by atoms with E-state index in [1.54, 1.807) is 13.0 Å². The first-order valence-electron chi connectivity index (χ1n) is 9.36. The molecule has 1 heterocycles. The van der Waals surface area contributed by atoms with E-state index in [2.05, 4.69) is 15.2 Å². The molecule has 156 valence electrons. The van der Waals surface area contributed by atoms with Crippen molar-refractivity contribution in [3.8, 4) is 5.75 Å². The number of nitrogens with one attached hydrogen (secondary N) is 1. The lowest BCUT2D eigenvalue weighted by molar-refractivity contribution is -0.145. The molecule has 0 aliphatic heterocycles. The van der Waals surface area contributed by atoms with Gasteiger partial charge in [-0.3, -0.25) is 5.10 Å². The fraction of sp³-hybridized carbons (Fsp3) is 0.238. The summed E-state index contributed by atoms with van der Waals surface area (Å²) in [7, 11) is 0. The number of H-pyrrole nitrogens is 1. The zero-order valence-electron chi connectivity index (χ0n) is 16.5. The molecular weight excluding hydrogens is 406 g/mol. The number of hydrogen-bond acceptors (Lipinski definition) is 7. The predicted molar refractivity (Wildman–Crippen MR) is 113 cm³/mol. The molecule has 1 aromatic heterocycles. The molecule has 30 heavy (non-hydrogen) atoms. The van der Waals surface area contributed by atoms with Crippen LogP contribution in [0.1, 0.15) is 25.2 Å². The van der Waals surface area contributed by atoms with Gasteiger partial charge in [-0.05, 0) is 41.6 Å². The van der Waals surface area contributed by atoms with Crippen molar-refractivity contribution in [1.82, 2.24) is 15.2 Å². The highest BCUT2D eigenvalue weighted by Gasteiger charge is 2.17. The Bertz CT molecular complexity index is 1090. The molecule has 3 aromatic rings. The summed E-state index contributed by atoms with van der Waals surface area (Å²) in [6.45, 7) is 3.61. The van der Waals surface area contributed by atoms with Gasteiger partial charge in [-0.2, -0.15) is 0 Å². The highest BCUT2D eigenvalue weighted by atomic mass is 32.2. The maximum atomic E-state index is 11.9. The molecule has 0 aliphatic carbocycles. The fourth-order valence-corrected chi connectivity index (χ4v) is 3.44. The number of benzene rings is 2. The van der Waals surface area contributed by atoms with Gasteiger partial charge in [0.05, 0.1) is 6.61 Å². The van der Waals surface area contributed by atoms with Crippen LogP contribution in [-0.2, 0) is 20.7 Å². The highest BCUT2D eigenvalue weighted by Crippen LogP contribution is 2.34. The molecule has 0 fully saturated rings. The van der Waals surface area contributed by atoms with E-state index in [4.69, 9.17) is 9.47 Å². The second-order valence-electron chi connectivity index (χ2n) is 6.13. The third-order valence-corrected chi connectivity index (χ3v) is 4.99. The minimum atomic E-state index is -1.12. The molecule has 0 amide bonds. The number of nitrogens with zero attached hydrogens (tertiary/aromatic N) is 2. The molecule has 0 bridgehead atoms. The van der Waals surface area contributed by atoms with Crippen LogP contribution < -0.4 is 4.74 Å². The lowest BCUT2D eigenvalue weighted by Crippen LogP contribution is -2.15. The molecule has 2 aromatic carbocycles. The van der Waals surface area contributed by atoms with Crippen molar-refractivity contribution in [3.05, 3.63) is 52.7 Å². The third kappa shape index (κ3) is 5.18. The molecule has 0 spiro atoms. The van der Waals surface area contributed by atoms with Crippen molar-refractivity contribution in [2.24, 2.45) is 0 Å². The average molecular weight is 427 g/mol. The summed E-state index contributed by atoms with van der Waals surface area (Å²) in [4.78, 5) is 27.9. The van der Waals surface area contributed by atoms with Crippen LogP contribution in [-0.4, -0.2) is 45.4 Å². The largest absolute Gasteiger partial charge is 0.481 e. The van der Waals surface area contributed by atoms with Gasteiger partial charge in [0.15, 0.2) is 6.61 Å². The number of aromatic nitrogens is 3. The van der Waals surface area contributed by atoms with Crippen LogP contribution in [0.25, 0.3) is 16.8 Å². The number of aryl methyl sites for hydroxylation is 1. The van der Waals surface area contributed by atoms with Crippen LogP contribution in [0.2, 0.25) is 0 Å². The number of hydrogen-bond donors (Lipinski definition) is 2. The van der Waals surface area contributed by atoms with E-state index < -0.39 is 11.9 Å². The number of carbonyl (C=O) groups is 2. The molecule has 9 heteroatoms. The predicted octanol–water partition coefficient (Wildman–Crippen LogP) is 3.68. The van der Waals surface area contributed by atoms with Crippen LogP contribution >= 0.6 is 11.8 Å². The molecule has 0 radical (unpaired) electrons. The SMILES string of the molecule is CCOC(=O)COc1ccc2ccccc2c1/C=C(\Sc1n[nH]c(CC)n1)C(=O)O. The second-order valence-corrected chi connectivity index (χ2v) is 7.14. The Morgan fingerprint density at radius 2 is 2.00 bits per heavy atom. The average Bonchev–Trinajstić information content (AvgIpc) is 3.20. The van der Waals surface area contributed by atoms with Crippen molar-refractivity contribution in [3.63, 3.8) is 0 Å². The van der Waals surface area contributed by atoms with Gasteiger partial charge in [0.1, 0.15) is 16.5 Å². The quantitative estimate of drug-likeness (QED) is 0.302. The van der Waals surface area contributed by atoms with Crippen LogP contribution in [0.5, 0.6) is 5.75 Å². The number of thioether (sulfide) groups is 1. The monoisotopic (exact) mass is 427 g/mol. The van der Waals surface area contributed by atoms with E-state index in [1.807, 2.05) is 37.3 Å². The molecule has 0 atom stereocenters. The molecular formula is C21H21N3O5S. The van der Waals surface area contributed by atoms with Gasteiger partial charge in [0.25, 0.3) is 0 Å². The standard InChI is InChI=1S/C21H21N3O5S/c1-3-18-22-21(24-23-18)30-17(20(26)27)11-15-14-8-6-5-7-13(14)9-10-16(15)29-12-19(25)28-4-2/h5-11H,3-4,12H2,1-2H3,(H,26,27)(H,22,23,24)/b17-11-. The number of esters is 1. The van der Waals surface area contributed by atoms with Crippen LogP contribution in [0.3, 0.4) is 0 Å². The van der Waals surface area contributed by atoms with Gasteiger partial charge in [-0.1, -0.05) is 37.3 Å². The van der Waals surface area contributed by atoms with Crippen molar-refractivity contribution >= 4 is 40.5 Å². The second kappa shape index (κ2) is 9.93. The smallest absolute Gasteiger partial charge is 0.344 e.